The van der Waals surface area contributed by atoms with Gasteiger partial charge >= 0.3 is 0 Å². The standard InChI is InChI=1S/C16H22N2O/c19-16(14-6-3-7-14)17-9-11-18-10-8-13-4-1-2-5-15(13)12-18/h1-2,4-5,14H,3,6-12H2,(H,17,19). The summed E-state index contributed by atoms with van der Waals surface area (Å²) >= 11 is 0. The van der Waals surface area contributed by atoms with Crippen LogP contribution >= 0.6 is 0 Å². The third-order valence-electron chi connectivity index (χ3n) is 4.41. The minimum absolute atomic E-state index is 0.267. The Kier molecular flexibility index (Phi) is 3.83. The van der Waals surface area contributed by atoms with Crippen molar-refractivity contribution in [2.24, 2.45) is 5.92 Å². The third-order valence-corrected chi connectivity index (χ3v) is 4.41. The Morgan fingerprint density at radius 2 is 2.05 bits per heavy atom. The van der Waals surface area contributed by atoms with Crippen LogP contribution in [0.1, 0.15) is 30.4 Å². The summed E-state index contributed by atoms with van der Waals surface area (Å²) in [7, 11) is 0. The molecule has 1 aliphatic carbocycles. The first kappa shape index (κ1) is 12.7. The van der Waals surface area contributed by atoms with Crippen LogP contribution in [0, 0.1) is 5.92 Å². The van der Waals surface area contributed by atoms with E-state index in [2.05, 4.69) is 34.5 Å². The summed E-state index contributed by atoms with van der Waals surface area (Å²) < 4.78 is 0. The lowest BCUT2D eigenvalue weighted by atomic mass is 9.85. The molecule has 0 bridgehead atoms. The van der Waals surface area contributed by atoms with Gasteiger partial charge in [-0.25, -0.2) is 0 Å². The zero-order chi connectivity index (χ0) is 13.1. The van der Waals surface area contributed by atoms with Crippen LogP contribution in [0.5, 0.6) is 0 Å². The largest absolute Gasteiger partial charge is 0.355 e. The number of nitrogens with zero attached hydrogens (tertiary/aromatic N) is 1. The molecule has 1 heterocycles. The van der Waals surface area contributed by atoms with Gasteiger partial charge in [0.15, 0.2) is 0 Å². The molecule has 102 valence electrons. The molecule has 2 aliphatic rings. The van der Waals surface area contributed by atoms with E-state index in [1.165, 1.54) is 17.5 Å². The van der Waals surface area contributed by atoms with Crippen molar-refractivity contribution in [3.05, 3.63) is 35.4 Å². The van der Waals surface area contributed by atoms with Crippen LogP contribution in [-0.4, -0.2) is 30.4 Å². The van der Waals surface area contributed by atoms with Gasteiger partial charge in [0.1, 0.15) is 0 Å². The molecule has 3 heteroatoms. The summed E-state index contributed by atoms with van der Waals surface area (Å²) in [6.45, 7) is 3.88. The Hall–Kier alpha value is -1.35. The van der Waals surface area contributed by atoms with Gasteiger partial charge in [0.25, 0.3) is 0 Å². The number of hydrogen-bond donors (Lipinski definition) is 1. The van der Waals surface area contributed by atoms with Gasteiger partial charge in [-0.15, -0.1) is 0 Å². The number of carbonyl (C=O) groups is 1. The van der Waals surface area contributed by atoms with Gasteiger partial charge in [0.05, 0.1) is 0 Å². The van der Waals surface area contributed by atoms with Crippen LogP contribution in [0.15, 0.2) is 24.3 Å². The minimum Gasteiger partial charge on any atom is -0.355 e. The molecule has 1 fully saturated rings. The lowest BCUT2D eigenvalue weighted by Crippen LogP contribution is -2.40. The summed E-state index contributed by atoms with van der Waals surface area (Å²) in [5, 5.41) is 3.08. The summed E-state index contributed by atoms with van der Waals surface area (Å²) in [5.74, 6) is 0.575. The molecule has 0 spiro atoms. The molecule has 1 aromatic rings. The van der Waals surface area contributed by atoms with Crippen LogP contribution in [0.4, 0.5) is 0 Å². The number of benzene rings is 1. The molecule has 1 amide bonds. The summed E-state index contributed by atoms with van der Waals surface area (Å²) in [4.78, 5) is 14.2. The number of rotatable bonds is 4. The number of hydrogen-bond acceptors (Lipinski definition) is 2. The summed E-state index contributed by atoms with van der Waals surface area (Å²) in [5.41, 5.74) is 2.93. The zero-order valence-electron chi connectivity index (χ0n) is 11.4. The predicted octanol–water partition coefficient (Wildman–Crippen LogP) is 1.96. The molecule has 0 atom stereocenters. The number of nitrogens with one attached hydrogen (secondary N) is 1. The SMILES string of the molecule is O=C(NCCN1CCc2ccccc2C1)C1CCC1. The monoisotopic (exact) mass is 258 g/mol. The maximum atomic E-state index is 11.7. The van der Waals surface area contributed by atoms with E-state index >= 15 is 0 Å². The van der Waals surface area contributed by atoms with Crippen molar-refractivity contribution in [1.82, 2.24) is 10.2 Å². The molecule has 3 nitrogen and oxygen atoms in total. The van der Waals surface area contributed by atoms with Crippen LogP contribution in [0.2, 0.25) is 0 Å². The van der Waals surface area contributed by atoms with Crippen molar-refractivity contribution < 1.29 is 4.79 Å². The molecule has 1 N–H and O–H groups in total. The average Bonchev–Trinajstić information content (AvgIpc) is 2.36. The molecule has 0 unspecified atom stereocenters. The van der Waals surface area contributed by atoms with Crippen molar-refractivity contribution in [3.63, 3.8) is 0 Å². The second-order valence-electron chi connectivity index (χ2n) is 5.71. The van der Waals surface area contributed by atoms with Crippen LogP contribution in [0.3, 0.4) is 0 Å². The third kappa shape index (κ3) is 2.98. The molecule has 0 aromatic heterocycles. The number of fused-ring (bicyclic) bond motifs is 1. The summed E-state index contributed by atoms with van der Waals surface area (Å²) in [6.07, 6.45) is 4.53. The Balaban J connectivity index is 1.43. The topological polar surface area (TPSA) is 32.3 Å². The lowest BCUT2D eigenvalue weighted by molar-refractivity contribution is -0.127. The lowest BCUT2D eigenvalue weighted by Gasteiger charge is -2.29. The zero-order valence-corrected chi connectivity index (χ0v) is 11.4. The van der Waals surface area contributed by atoms with Gasteiger partial charge in [-0.05, 0) is 30.4 Å². The average molecular weight is 258 g/mol. The highest BCUT2D eigenvalue weighted by molar-refractivity contribution is 5.79. The molecule has 1 aromatic carbocycles. The van der Waals surface area contributed by atoms with E-state index < -0.39 is 0 Å². The maximum absolute atomic E-state index is 11.7. The van der Waals surface area contributed by atoms with Gasteiger partial charge in [-0.2, -0.15) is 0 Å². The molecule has 1 aliphatic heterocycles. The number of amides is 1. The first-order valence-corrected chi connectivity index (χ1v) is 7.40. The fraction of sp³-hybridized carbons (Fsp3) is 0.562. The first-order chi connectivity index (χ1) is 9.33. The highest BCUT2D eigenvalue weighted by Crippen LogP contribution is 2.26. The maximum Gasteiger partial charge on any atom is 0.223 e. The minimum atomic E-state index is 0.267. The van der Waals surface area contributed by atoms with E-state index in [9.17, 15) is 4.79 Å². The van der Waals surface area contributed by atoms with Gasteiger partial charge < -0.3 is 5.32 Å². The molecular formula is C16H22N2O. The van der Waals surface area contributed by atoms with Crippen LogP contribution in [0.25, 0.3) is 0 Å². The molecule has 0 saturated heterocycles. The van der Waals surface area contributed by atoms with E-state index in [-0.39, 0.29) is 5.91 Å². The van der Waals surface area contributed by atoms with Gasteiger partial charge in [0, 0.05) is 32.1 Å². The smallest absolute Gasteiger partial charge is 0.223 e. The van der Waals surface area contributed by atoms with Gasteiger partial charge in [-0.3, -0.25) is 9.69 Å². The Labute approximate surface area is 115 Å². The van der Waals surface area contributed by atoms with Gasteiger partial charge in [0.2, 0.25) is 5.91 Å². The van der Waals surface area contributed by atoms with E-state index in [1.807, 2.05) is 0 Å². The van der Waals surface area contributed by atoms with Crippen molar-refractivity contribution in [3.8, 4) is 0 Å². The van der Waals surface area contributed by atoms with Gasteiger partial charge in [-0.1, -0.05) is 30.7 Å². The second kappa shape index (κ2) is 5.74. The highest BCUT2D eigenvalue weighted by Gasteiger charge is 2.24. The Bertz CT molecular complexity index is 454. The van der Waals surface area contributed by atoms with Crippen molar-refractivity contribution in [1.29, 1.82) is 0 Å². The van der Waals surface area contributed by atoms with E-state index in [4.69, 9.17) is 0 Å². The molecule has 3 rings (SSSR count). The molecule has 0 radical (unpaired) electrons. The molecule has 19 heavy (non-hydrogen) atoms. The highest BCUT2D eigenvalue weighted by atomic mass is 16.1. The number of carbonyl (C=O) groups excluding carboxylic acids is 1. The quantitative estimate of drug-likeness (QED) is 0.895. The van der Waals surface area contributed by atoms with E-state index in [0.29, 0.717) is 5.92 Å². The Morgan fingerprint density at radius 3 is 2.79 bits per heavy atom. The second-order valence-corrected chi connectivity index (χ2v) is 5.71. The Morgan fingerprint density at radius 1 is 1.26 bits per heavy atom. The van der Waals surface area contributed by atoms with Crippen molar-refractivity contribution in [2.75, 3.05) is 19.6 Å². The summed E-state index contributed by atoms with van der Waals surface area (Å²) in [6, 6.07) is 8.67. The molecular weight excluding hydrogens is 236 g/mol. The van der Waals surface area contributed by atoms with E-state index in [0.717, 1.165) is 45.4 Å². The van der Waals surface area contributed by atoms with Crippen molar-refractivity contribution >= 4 is 5.91 Å². The fourth-order valence-electron chi connectivity index (χ4n) is 2.90. The fourth-order valence-corrected chi connectivity index (χ4v) is 2.90. The molecule has 1 saturated carbocycles. The van der Waals surface area contributed by atoms with Crippen molar-refractivity contribution in [2.45, 2.75) is 32.2 Å². The predicted molar refractivity (Wildman–Crippen MR) is 75.8 cm³/mol. The normalized spacial score (nSPS) is 19.6. The van der Waals surface area contributed by atoms with E-state index in [1.54, 1.807) is 0 Å². The first-order valence-electron chi connectivity index (χ1n) is 7.40. The van der Waals surface area contributed by atoms with Crippen LogP contribution < -0.4 is 5.32 Å². The van der Waals surface area contributed by atoms with Crippen LogP contribution in [-0.2, 0) is 17.8 Å².